The summed E-state index contributed by atoms with van der Waals surface area (Å²) in [5.74, 6) is 0.232. The van der Waals surface area contributed by atoms with Gasteiger partial charge in [0.05, 0.1) is 12.6 Å². The quantitative estimate of drug-likeness (QED) is 0.678. The minimum atomic E-state index is 0.0340. The Bertz CT molecular complexity index is 214. The Labute approximate surface area is 84.6 Å². The third-order valence-corrected chi connectivity index (χ3v) is 3.02. The molecule has 2 atom stereocenters. The summed E-state index contributed by atoms with van der Waals surface area (Å²) >= 11 is 0. The van der Waals surface area contributed by atoms with Gasteiger partial charge in [0.2, 0.25) is 5.91 Å². The molecule has 2 unspecified atom stereocenters. The van der Waals surface area contributed by atoms with Gasteiger partial charge in [0.25, 0.3) is 0 Å². The molecule has 0 aromatic rings. The van der Waals surface area contributed by atoms with Crippen LogP contribution in [-0.2, 0) is 9.53 Å². The van der Waals surface area contributed by atoms with E-state index in [1.807, 2.05) is 7.05 Å². The highest BCUT2D eigenvalue weighted by Gasteiger charge is 2.30. The summed E-state index contributed by atoms with van der Waals surface area (Å²) in [4.78, 5) is 13.4. The van der Waals surface area contributed by atoms with E-state index in [9.17, 15) is 4.79 Å². The van der Waals surface area contributed by atoms with Gasteiger partial charge < -0.3 is 15.0 Å². The van der Waals surface area contributed by atoms with E-state index in [-0.39, 0.29) is 11.9 Å². The second-order valence-electron chi connectivity index (χ2n) is 4.18. The van der Waals surface area contributed by atoms with E-state index in [0.717, 1.165) is 39.0 Å². The van der Waals surface area contributed by atoms with E-state index >= 15 is 0 Å². The molecule has 4 heteroatoms. The Kier molecular flexibility index (Phi) is 3.03. The summed E-state index contributed by atoms with van der Waals surface area (Å²) in [6.07, 6.45) is 3.17. The number of ether oxygens (including phenoxy) is 1. The topological polar surface area (TPSA) is 41.6 Å². The highest BCUT2D eigenvalue weighted by atomic mass is 16.5. The van der Waals surface area contributed by atoms with Crippen molar-refractivity contribution in [2.75, 3.05) is 26.8 Å². The molecule has 4 nitrogen and oxygen atoms in total. The van der Waals surface area contributed by atoms with Crippen LogP contribution in [0, 0.1) is 0 Å². The van der Waals surface area contributed by atoms with Gasteiger partial charge in [-0.15, -0.1) is 0 Å². The molecule has 0 radical (unpaired) electrons. The van der Waals surface area contributed by atoms with E-state index < -0.39 is 0 Å². The molecule has 0 spiro atoms. The Morgan fingerprint density at radius 3 is 2.93 bits per heavy atom. The maximum atomic E-state index is 11.6. The van der Waals surface area contributed by atoms with E-state index in [1.165, 1.54) is 0 Å². The first kappa shape index (κ1) is 9.93. The van der Waals surface area contributed by atoms with Gasteiger partial charge >= 0.3 is 0 Å². The van der Waals surface area contributed by atoms with Crippen LogP contribution in [0.4, 0.5) is 0 Å². The highest BCUT2D eigenvalue weighted by molar-refractivity contribution is 5.83. The summed E-state index contributed by atoms with van der Waals surface area (Å²) < 4.78 is 5.37. The van der Waals surface area contributed by atoms with Crippen molar-refractivity contribution in [3.8, 4) is 0 Å². The van der Waals surface area contributed by atoms with Crippen molar-refractivity contribution in [1.82, 2.24) is 10.2 Å². The number of nitrogens with zero attached hydrogens (tertiary/aromatic N) is 1. The second kappa shape index (κ2) is 4.28. The number of rotatable bonds is 2. The van der Waals surface area contributed by atoms with Crippen LogP contribution in [0.3, 0.4) is 0 Å². The van der Waals surface area contributed by atoms with Crippen molar-refractivity contribution >= 4 is 5.91 Å². The highest BCUT2D eigenvalue weighted by Crippen LogP contribution is 2.12. The summed E-state index contributed by atoms with van der Waals surface area (Å²) in [6, 6.07) is 0.413. The molecule has 2 aliphatic rings. The zero-order valence-electron chi connectivity index (χ0n) is 8.66. The van der Waals surface area contributed by atoms with Gasteiger partial charge in [-0.05, 0) is 19.3 Å². The van der Waals surface area contributed by atoms with Gasteiger partial charge in [0, 0.05) is 26.2 Å². The Balaban J connectivity index is 1.82. The normalized spacial score (nSPS) is 33.8. The van der Waals surface area contributed by atoms with E-state index in [4.69, 9.17) is 4.74 Å². The van der Waals surface area contributed by atoms with E-state index in [0.29, 0.717) is 6.04 Å². The summed E-state index contributed by atoms with van der Waals surface area (Å²) in [5.41, 5.74) is 0. The third kappa shape index (κ3) is 2.07. The van der Waals surface area contributed by atoms with Crippen LogP contribution in [0.5, 0.6) is 0 Å². The number of nitrogens with one attached hydrogen (secondary N) is 1. The van der Waals surface area contributed by atoms with Crippen molar-refractivity contribution < 1.29 is 9.53 Å². The summed E-state index contributed by atoms with van der Waals surface area (Å²) in [7, 11) is 1.86. The first-order valence-corrected chi connectivity index (χ1v) is 5.36. The molecule has 0 saturated carbocycles. The summed E-state index contributed by atoms with van der Waals surface area (Å²) in [6.45, 7) is 2.51. The molecule has 2 aliphatic heterocycles. The van der Waals surface area contributed by atoms with Crippen LogP contribution in [0.2, 0.25) is 0 Å². The van der Waals surface area contributed by atoms with Crippen LogP contribution < -0.4 is 5.32 Å². The first-order valence-electron chi connectivity index (χ1n) is 5.36. The number of hydrogen-bond donors (Lipinski definition) is 1. The lowest BCUT2D eigenvalue weighted by Gasteiger charge is -2.25. The maximum absolute atomic E-state index is 11.6. The Morgan fingerprint density at radius 2 is 2.36 bits per heavy atom. The lowest BCUT2D eigenvalue weighted by molar-refractivity contribution is -0.128. The molecule has 0 aliphatic carbocycles. The van der Waals surface area contributed by atoms with Gasteiger partial charge in [0.1, 0.15) is 0 Å². The average molecular weight is 198 g/mol. The molecule has 14 heavy (non-hydrogen) atoms. The predicted molar refractivity (Wildman–Crippen MR) is 53.0 cm³/mol. The van der Waals surface area contributed by atoms with Gasteiger partial charge in [-0.2, -0.15) is 0 Å². The molecule has 1 N–H and O–H groups in total. The van der Waals surface area contributed by atoms with Gasteiger partial charge in [-0.1, -0.05) is 0 Å². The van der Waals surface area contributed by atoms with E-state index in [2.05, 4.69) is 5.32 Å². The average Bonchev–Trinajstić information content (AvgIpc) is 2.52. The van der Waals surface area contributed by atoms with Crippen molar-refractivity contribution in [2.45, 2.75) is 31.3 Å². The molecule has 2 rings (SSSR count). The Hall–Kier alpha value is -0.610. The molecular weight excluding hydrogens is 180 g/mol. The van der Waals surface area contributed by atoms with Crippen molar-refractivity contribution in [2.24, 2.45) is 0 Å². The smallest absolute Gasteiger partial charge is 0.239 e. The van der Waals surface area contributed by atoms with Crippen LogP contribution in [0.1, 0.15) is 19.3 Å². The minimum absolute atomic E-state index is 0.0340. The van der Waals surface area contributed by atoms with Crippen LogP contribution in [-0.4, -0.2) is 49.7 Å². The fraction of sp³-hybridized carbons (Fsp3) is 0.900. The minimum Gasteiger partial charge on any atom is -0.380 e. The zero-order valence-corrected chi connectivity index (χ0v) is 8.66. The molecular formula is C10H18N2O2. The van der Waals surface area contributed by atoms with Crippen LogP contribution in [0.25, 0.3) is 0 Å². The van der Waals surface area contributed by atoms with Crippen molar-refractivity contribution in [3.05, 3.63) is 0 Å². The number of likely N-dealkylation sites (N-methyl/N-ethyl adjacent to an activating group) is 1. The molecule has 1 amide bonds. The molecule has 0 bridgehead atoms. The second-order valence-corrected chi connectivity index (χ2v) is 4.18. The zero-order chi connectivity index (χ0) is 9.97. The molecule has 0 aromatic carbocycles. The fourth-order valence-electron chi connectivity index (χ4n) is 2.13. The maximum Gasteiger partial charge on any atom is 0.239 e. The number of hydrogen-bond acceptors (Lipinski definition) is 3. The largest absolute Gasteiger partial charge is 0.380 e. The molecule has 2 fully saturated rings. The predicted octanol–water partition coefficient (Wildman–Crippen LogP) is -0.0143. The number of carbonyl (C=O) groups is 1. The van der Waals surface area contributed by atoms with Crippen molar-refractivity contribution in [1.29, 1.82) is 0 Å². The summed E-state index contributed by atoms with van der Waals surface area (Å²) in [5, 5.41) is 3.38. The third-order valence-electron chi connectivity index (χ3n) is 3.02. The van der Waals surface area contributed by atoms with Crippen LogP contribution in [0.15, 0.2) is 0 Å². The van der Waals surface area contributed by atoms with Crippen LogP contribution >= 0.6 is 0 Å². The lowest BCUT2D eigenvalue weighted by Crippen LogP contribution is -2.46. The molecule has 2 saturated heterocycles. The van der Waals surface area contributed by atoms with E-state index in [1.54, 1.807) is 4.90 Å². The van der Waals surface area contributed by atoms with Gasteiger partial charge in [-0.25, -0.2) is 0 Å². The fourth-order valence-corrected chi connectivity index (χ4v) is 2.13. The SMILES string of the molecule is CN1CCC(NC2CCCOC2)C1=O. The molecule has 0 aromatic heterocycles. The number of likely N-dealkylation sites (tertiary alicyclic amines) is 1. The van der Waals surface area contributed by atoms with Gasteiger partial charge in [-0.3, -0.25) is 4.79 Å². The first-order chi connectivity index (χ1) is 6.77. The lowest BCUT2D eigenvalue weighted by atomic mass is 10.1. The monoisotopic (exact) mass is 198 g/mol. The number of amides is 1. The Morgan fingerprint density at radius 1 is 1.50 bits per heavy atom. The molecule has 2 heterocycles. The molecule has 80 valence electrons. The standard InChI is InChI=1S/C10H18N2O2/c1-12-5-4-9(10(12)13)11-8-3-2-6-14-7-8/h8-9,11H,2-7H2,1H3. The van der Waals surface area contributed by atoms with Gasteiger partial charge in [0.15, 0.2) is 0 Å². The van der Waals surface area contributed by atoms with Crippen molar-refractivity contribution in [3.63, 3.8) is 0 Å². The number of carbonyl (C=O) groups excluding carboxylic acids is 1.